The second kappa shape index (κ2) is 8.22. The Bertz CT molecular complexity index is 1040. The largest absolute Gasteiger partial charge is 0.451 e. The van der Waals surface area contributed by atoms with Crippen LogP contribution in [0.15, 0.2) is 54.6 Å². The molecule has 1 aliphatic carbocycles. The summed E-state index contributed by atoms with van der Waals surface area (Å²) in [7, 11) is 0. The molecule has 0 radical (unpaired) electrons. The molecule has 31 heavy (non-hydrogen) atoms. The van der Waals surface area contributed by atoms with Gasteiger partial charge >= 0.3 is 12.0 Å². The highest BCUT2D eigenvalue weighted by molar-refractivity contribution is 6.09. The van der Waals surface area contributed by atoms with Crippen LogP contribution in [0.25, 0.3) is 0 Å². The lowest BCUT2D eigenvalue weighted by atomic mass is 9.76. The van der Waals surface area contributed by atoms with E-state index in [0.29, 0.717) is 12.1 Å². The second-order valence-corrected chi connectivity index (χ2v) is 7.72. The van der Waals surface area contributed by atoms with E-state index >= 15 is 0 Å². The molecule has 2 aliphatic rings. The lowest BCUT2D eigenvalue weighted by Crippen LogP contribution is -2.47. The zero-order chi connectivity index (χ0) is 22.0. The van der Waals surface area contributed by atoms with Gasteiger partial charge in [-0.2, -0.15) is 0 Å². The molecule has 1 aliphatic heterocycles. The van der Waals surface area contributed by atoms with Crippen LogP contribution in [0.5, 0.6) is 0 Å². The summed E-state index contributed by atoms with van der Waals surface area (Å²) in [5.41, 5.74) is 1.20. The van der Waals surface area contributed by atoms with E-state index in [2.05, 4.69) is 10.6 Å². The molecular weight excluding hydrogens is 398 g/mol. The fourth-order valence-corrected chi connectivity index (χ4v) is 4.14. The lowest BCUT2D eigenvalue weighted by molar-refractivity contribution is -0.155. The first kappa shape index (κ1) is 20.6. The van der Waals surface area contributed by atoms with Crippen molar-refractivity contribution in [2.75, 3.05) is 11.9 Å². The van der Waals surface area contributed by atoms with Crippen molar-refractivity contribution in [3.8, 4) is 0 Å². The molecule has 0 bridgehead atoms. The van der Waals surface area contributed by atoms with Crippen LogP contribution in [0.4, 0.5) is 10.5 Å². The van der Waals surface area contributed by atoms with Gasteiger partial charge in [0.05, 0.1) is 0 Å². The minimum atomic E-state index is -1.15. The van der Waals surface area contributed by atoms with E-state index in [9.17, 15) is 19.2 Å². The number of fused-ring (bicyclic) bond motifs is 2. The molecule has 1 fully saturated rings. The van der Waals surface area contributed by atoms with Crippen molar-refractivity contribution in [3.63, 3.8) is 0 Å². The minimum absolute atomic E-state index is 0.468. The van der Waals surface area contributed by atoms with Crippen molar-refractivity contribution < 1.29 is 23.9 Å². The van der Waals surface area contributed by atoms with Gasteiger partial charge in [0.2, 0.25) is 0 Å². The number of ether oxygens (including phenoxy) is 1. The van der Waals surface area contributed by atoms with Gasteiger partial charge in [-0.1, -0.05) is 42.5 Å². The van der Waals surface area contributed by atoms with E-state index in [1.807, 2.05) is 30.3 Å². The number of benzene rings is 2. The molecular formula is C23H23N3O5. The average Bonchev–Trinajstić information content (AvgIpc) is 2.99. The van der Waals surface area contributed by atoms with Crippen LogP contribution in [-0.4, -0.2) is 41.4 Å². The normalized spacial score (nSPS) is 20.7. The van der Waals surface area contributed by atoms with E-state index in [1.54, 1.807) is 24.3 Å². The third-order valence-corrected chi connectivity index (χ3v) is 5.66. The van der Waals surface area contributed by atoms with Crippen LogP contribution in [-0.2, 0) is 31.1 Å². The molecule has 1 saturated heterocycles. The van der Waals surface area contributed by atoms with Gasteiger partial charge in [0.1, 0.15) is 12.1 Å². The molecule has 4 amide bonds. The van der Waals surface area contributed by atoms with Crippen molar-refractivity contribution in [2.24, 2.45) is 0 Å². The molecule has 1 spiro atoms. The first-order valence-electron chi connectivity index (χ1n) is 10.2. The molecule has 1 heterocycles. The number of amides is 4. The fourth-order valence-electron chi connectivity index (χ4n) is 4.14. The summed E-state index contributed by atoms with van der Waals surface area (Å²) in [6.45, 7) is 0.873. The first-order valence-corrected chi connectivity index (χ1v) is 10.2. The number of urea groups is 1. The van der Waals surface area contributed by atoms with Gasteiger partial charge in [0.25, 0.3) is 11.8 Å². The number of carbonyl (C=O) groups is 4. The third kappa shape index (κ3) is 3.88. The zero-order valence-corrected chi connectivity index (χ0v) is 17.1. The third-order valence-electron chi connectivity index (χ3n) is 5.66. The standard InChI is InChI=1S/C23H23N3O5/c1-15(20(28)24-17-10-3-2-4-11-17)31-19(27)14-26-21(29)23(25-22(26)30)13-7-9-16-8-5-6-12-18(16)23/h2-6,8,10-12,15H,7,9,13-14H2,1H3,(H,24,28)(H,25,30)/t15-,23+/m0/s1. The van der Waals surface area contributed by atoms with E-state index < -0.39 is 42.0 Å². The number of hydrogen-bond acceptors (Lipinski definition) is 5. The van der Waals surface area contributed by atoms with Crippen molar-refractivity contribution in [1.82, 2.24) is 10.2 Å². The topological polar surface area (TPSA) is 105 Å². The maximum atomic E-state index is 13.2. The predicted octanol–water partition coefficient (Wildman–Crippen LogP) is 2.34. The summed E-state index contributed by atoms with van der Waals surface area (Å²) in [4.78, 5) is 51.3. The van der Waals surface area contributed by atoms with Gasteiger partial charge in [0.15, 0.2) is 6.10 Å². The van der Waals surface area contributed by atoms with Crippen LogP contribution in [0, 0.1) is 0 Å². The monoisotopic (exact) mass is 421 g/mol. The Morgan fingerprint density at radius 2 is 1.84 bits per heavy atom. The van der Waals surface area contributed by atoms with E-state index in [-0.39, 0.29) is 0 Å². The van der Waals surface area contributed by atoms with Crippen LogP contribution < -0.4 is 10.6 Å². The molecule has 8 nitrogen and oxygen atoms in total. The number of para-hydroxylation sites is 1. The molecule has 0 unspecified atom stereocenters. The molecule has 0 aromatic heterocycles. The summed E-state index contributed by atoms with van der Waals surface area (Å²) in [5, 5.41) is 5.43. The summed E-state index contributed by atoms with van der Waals surface area (Å²) in [6.07, 6.45) is 0.961. The van der Waals surface area contributed by atoms with Gasteiger partial charge in [-0.3, -0.25) is 19.3 Å². The van der Waals surface area contributed by atoms with Gasteiger partial charge in [0, 0.05) is 5.69 Å². The average molecular weight is 421 g/mol. The Labute approximate surface area is 179 Å². The Morgan fingerprint density at radius 1 is 1.13 bits per heavy atom. The molecule has 2 atom stereocenters. The van der Waals surface area contributed by atoms with Gasteiger partial charge in [-0.15, -0.1) is 0 Å². The van der Waals surface area contributed by atoms with Gasteiger partial charge in [-0.25, -0.2) is 4.79 Å². The number of anilines is 1. The summed E-state index contributed by atoms with van der Waals surface area (Å²) in [5.74, 6) is -1.81. The number of nitrogens with one attached hydrogen (secondary N) is 2. The van der Waals surface area contributed by atoms with Crippen LogP contribution in [0.2, 0.25) is 0 Å². The fraction of sp³-hybridized carbons (Fsp3) is 0.304. The zero-order valence-electron chi connectivity index (χ0n) is 17.1. The SMILES string of the molecule is C[C@H](OC(=O)CN1C(=O)N[C@@]2(CCCc3ccccc32)C1=O)C(=O)Nc1ccccc1. The quantitative estimate of drug-likeness (QED) is 0.570. The van der Waals surface area contributed by atoms with E-state index in [1.165, 1.54) is 6.92 Å². The van der Waals surface area contributed by atoms with E-state index in [4.69, 9.17) is 4.74 Å². The summed E-state index contributed by atoms with van der Waals surface area (Å²) >= 11 is 0. The highest BCUT2D eigenvalue weighted by Gasteiger charge is 2.54. The minimum Gasteiger partial charge on any atom is -0.451 e. The van der Waals surface area contributed by atoms with Crippen molar-refractivity contribution in [3.05, 3.63) is 65.7 Å². The van der Waals surface area contributed by atoms with Crippen molar-refractivity contribution in [2.45, 2.75) is 37.8 Å². The van der Waals surface area contributed by atoms with Crippen molar-refractivity contribution in [1.29, 1.82) is 0 Å². The van der Waals surface area contributed by atoms with Gasteiger partial charge in [-0.05, 0) is 49.4 Å². The maximum Gasteiger partial charge on any atom is 0.327 e. The molecule has 2 aromatic carbocycles. The highest BCUT2D eigenvalue weighted by atomic mass is 16.5. The number of nitrogens with zero attached hydrogens (tertiary/aromatic N) is 1. The maximum absolute atomic E-state index is 13.2. The number of imide groups is 1. The van der Waals surface area contributed by atoms with Gasteiger partial charge < -0.3 is 15.4 Å². The molecule has 160 valence electrons. The second-order valence-electron chi connectivity index (χ2n) is 7.72. The van der Waals surface area contributed by atoms with Crippen LogP contribution in [0.3, 0.4) is 0 Å². The predicted molar refractivity (Wildman–Crippen MR) is 112 cm³/mol. The highest BCUT2D eigenvalue weighted by Crippen LogP contribution is 2.39. The molecule has 0 saturated carbocycles. The summed E-state index contributed by atoms with van der Waals surface area (Å²) in [6, 6.07) is 15.6. The Hall–Kier alpha value is -3.68. The van der Waals surface area contributed by atoms with Crippen LogP contribution >= 0.6 is 0 Å². The smallest absolute Gasteiger partial charge is 0.327 e. The number of hydrogen-bond donors (Lipinski definition) is 2. The Balaban J connectivity index is 1.42. The Morgan fingerprint density at radius 3 is 2.61 bits per heavy atom. The molecule has 4 rings (SSSR count). The first-order chi connectivity index (χ1) is 14.9. The number of rotatable bonds is 5. The van der Waals surface area contributed by atoms with Crippen molar-refractivity contribution >= 4 is 29.5 Å². The number of carbonyl (C=O) groups excluding carboxylic acids is 4. The molecule has 2 N–H and O–H groups in total. The lowest BCUT2D eigenvalue weighted by Gasteiger charge is -2.33. The van der Waals surface area contributed by atoms with E-state index in [0.717, 1.165) is 28.9 Å². The molecule has 8 heteroatoms. The Kier molecular flexibility index (Phi) is 5.46. The molecule has 2 aromatic rings. The van der Waals surface area contributed by atoms with Crippen LogP contribution in [0.1, 0.15) is 30.9 Å². The number of aryl methyl sites for hydroxylation is 1. The number of esters is 1. The summed E-state index contributed by atoms with van der Waals surface area (Å²) < 4.78 is 5.16.